The SMILES string of the molecule is C=CC1=CCC2(Cl)C(=O)C(Cl)=C(Cl)C(=O)C2(Cl)C1c1ccc(O)cc1Cl. The highest BCUT2D eigenvalue weighted by molar-refractivity contribution is 6.66. The number of rotatable bonds is 2. The Bertz CT molecular complexity index is 919. The molecule has 136 valence electrons. The molecule has 0 spiro atoms. The van der Waals surface area contributed by atoms with Crippen molar-refractivity contribution in [1.82, 2.24) is 0 Å². The number of carbonyl (C=O) groups excluding carboxylic acids is 2. The van der Waals surface area contributed by atoms with Crippen molar-refractivity contribution in [1.29, 1.82) is 0 Å². The number of carbonyl (C=O) groups is 2. The van der Waals surface area contributed by atoms with Gasteiger partial charge in [0.2, 0.25) is 0 Å². The summed E-state index contributed by atoms with van der Waals surface area (Å²) < 4.78 is 0. The number of phenols is 1. The molecule has 0 bridgehead atoms. The molecule has 1 aromatic carbocycles. The molecule has 2 aliphatic carbocycles. The summed E-state index contributed by atoms with van der Waals surface area (Å²) in [5, 5.41) is 8.88. The van der Waals surface area contributed by atoms with Gasteiger partial charge < -0.3 is 5.11 Å². The van der Waals surface area contributed by atoms with E-state index in [1.807, 2.05) is 0 Å². The minimum atomic E-state index is -1.96. The maximum absolute atomic E-state index is 13.1. The third kappa shape index (κ3) is 2.49. The van der Waals surface area contributed by atoms with Gasteiger partial charge >= 0.3 is 0 Å². The minimum absolute atomic E-state index is 0.0312. The Morgan fingerprint density at radius 1 is 1.12 bits per heavy atom. The number of hydrogen-bond donors (Lipinski definition) is 1. The van der Waals surface area contributed by atoms with Crippen LogP contribution in [0.4, 0.5) is 0 Å². The lowest BCUT2D eigenvalue weighted by atomic mass is 9.62. The Morgan fingerprint density at radius 3 is 2.31 bits per heavy atom. The molecule has 8 heteroatoms. The molecule has 0 aromatic heterocycles. The van der Waals surface area contributed by atoms with E-state index in [0.29, 0.717) is 11.1 Å². The topological polar surface area (TPSA) is 54.4 Å². The van der Waals surface area contributed by atoms with E-state index >= 15 is 0 Å². The molecular weight excluding hydrogens is 441 g/mol. The molecule has 1 aromatic rings. The summed E-state index contributed by atoms with van der Waals surface area (Å²) in [5.74, 6) is -2.47. The molecule has 0 heterocycles. The smallest absolute Gasteiger partial charge is 0.199 e. The highest BCUT2D eigenvalue weighted by Gasteiger charge is 2.68. The van der Waals surface area contributed by atoms with Crippen molar-refractivity contribution in [2.24, 2.45) is 0 Å². The summed E-state index contributed by atoms with van der Waals surface area (Å²) >= 11 is 31.7. The number of ketones is 2. The van der Waals surface area contributed by atoms with Gasteiger partial charge in [0.15, 0.2) is 11.6 Å². The summed E-state index contributed by atoms with van der Waals surface area (Å²) in [6, 6.07) is 4.21. The standard InChI is InChI=1S/C18H11Cl5O3/c1-2-8-5-6-17(22)15(25)13(20)14(21)16(26)18(17,23)12(8)10-4-3-9(24)7-11(10)19/h2-5,7,12,24H,1,6H2. The lowest BCUT2D eigenvalue weighted by molar-refractivity contribution is -0.127. The van der Waals surface area contributed by atoms with Crippen LogP contribution in [0, 0.1) is 0 Å². The van der Waals surface area contributed by atoms with Gasteiger partial charge in [-0.1, -0.05) is 59.6 Å². The fourth-order valence-electron chi connectivity index (χ4n) is 3.43. The largest absolute Gasteiger partial charge is 0.508 e. The molecule has 0 saturated heterocycles. The minimum Gasteiger partial charge on any atom is -0.508 e. The summed E-state index contributed by atoms with van der Waals surface area (Å²) in [6.45, 7) is 3.75. The van der Waals surface area contributed by atoms with E-state index in [-0.39, 0.29) is 17.2 Å². The lowest BCUT2D eigenvalue weighted by Gasteiger charge is -2.50. The molecule has 3 rings (SSSR count). The van der Waals surface area contributed by atoms with Gasteiger partial charge in [-0.2, -0.15) is 0 Å². The number of halogens is 5. The van der Waals surface area contributed by atoms with Crippen LogP contribution >= 0.6 is 58.0 Å². The number of Topliss-reactive ketones (excluding diaryl/α,β-unsaturated/α-hetero) is 2. The first-order valence-electron chi connectivity index (χ1n) is 7.43. The average Bonchev–Trinajstić information content (AvgIpc) is 2.61. The Hall–Kier alpha value is -0.970. The second-order valence-corrected chi connectivity index (χ2v) is 8.45. The van der Waals surface area contributed by atoms with Crippen molar-refractivity contribution >= 4 is 69.6 Å². The summed E-state index contributed by atoms with van der Waals surface area (Å²) in [5.41, 5.74) is 0.964. The molecule has 0 amide bonds. The number of benzene rings is 1. The quantitative estimate of drug-likeness (QED) is 0.608. The Labute approximate surface area is 174 Å². The van der Waals surface area contributed by atoms with E-state index in [1.54, 1.807) is 6.08 Å². The van der Waals surface area contributed by atoms with Gasteiger partial charge in [0.05, 0.1) is 0 Å². The number of hydrogen-bond acceptors (Lipinski definition) is 3. The fourth-order valence-corrected chi connectivity index (χ4v) is 5.16. The van der Waals surface area contributed by atoms with Crippen molar-refractivity contribution in [3.05, 3.63) is 63.2 Å². The lowest BCUT2D eigenvalue weighted by Crippen LogP contribution is -2.64. The first-order chi connectivity index (χ1) is 12.1. The van der Waals surface area contributed by atoms with Crippen molar-refractivity contribution in [2.45, 2.75) is 22.1 Å². The molecule has 3 atom stereocenters. The zero-order chi connectivity index (χ0) is 19.4. The van der Waals surface area contributed by atoms with Crippen LogP contribution in [0.15, 0.2) is 52.6 Å². The van der Waals surface area contributed by atoms with Gasteiger partial charge in [-0.05, 0) is 29.7 Å². The highest BCUT2D eigenvalue weighted by atomic mass is 35.5. The third-order valence-electron chi connectivity index (χ3n) is 4.74. The van der Waals surface area contributed by atoms with Gasteiger partial charge in [0, 0.05) is 10.9 Å². The number of phenolic OH excluding ortho intramolecular Hbond substituents is 1. The van der Waals surface area contributed by atoms with Gasteiger partial charge in [-0.3, -0.25) is 9.59 Å². The number of alkyl halides is 2. The van der Waals surface area contributed by atoms with Crippen molar-refractivity contribution < 1.29 is 14.7 Å². The highest BCUT2D eigenvalue weighted by Crippen LogP contribution is 2.60. The summed E-state index contributed by atoms with van der Waals surface area (Å²) in [6.07, 6.45) is 3.15. The molecule has 1 N–H and O–H groups in total. The number of fused-ring (bicyclic) bond motifs is 1. The molecule has 0 aliphatic heterocycles. The predicted molar refractivity (Wildman–Crippen MR) is 105 cm³/mol. The molecule has 0 fully saturated rings. The zero-order valence-corrected chi connectivity index (χ0v) is 16.8. The second kappa shape index (κ2) is 6.57. The Kier molecular flexibility index (Phi) is 5.00. The second-order valence-electron chi connectivity index (χ2n) is 6.05. The first-order valence-corrected chi connectivity index (χ1v) is 9.32. The van der Waals surface area contributed by atoms with Crippen LogP contribution in [-0.4, -0.2) is 26.4 Å². The van der Waals surface area contributed by atoms with E-state index in [0.717, 1.165) is 0 Å². The van der Waals surface area contributed by atoms with Gasteiger partial charge in [-0.25, -0.2) is 0 Å². The predicted octanol–water partition coefficient (Wildman–Crippen LogP) is 5.44. The number of aromatic hydroxyl groups is 1. The van der Waals surface area contributed by atoms with E-state index in [1.165, 1.54) is 24.3 Å². The van der Waals surface area contributed by atoms with Crippen molar-refractivity contribution in [3.63, 3.8) is 0 Å². The van der Waals surface area contributed by atoms with Crippen LogP contribution in [0.5, 0.6) is 5.75 Å². The van der Waals surface area contributed by atoms with E-state index in [2.05, 4.69) is 6.58 Å². The Morgan fingerprint density at radius 2 is 1.73 bits per heavy atom. The molecule has 3 nitrogen and oxygen atoms in total. The monoisotopic (exact) mass is 450 g/mol. The van der Waals surface area contributed by atoms with Crippen LogP contribution in [-0.2, 0) is 9.59 Å². The third-order valence-corrected chi connectivity index (χ3v) is 7.32. The number of allylic oxidation sites excluding steroid dienone is 5. The van der Waals surface area contributed by atoms with E-state index in [4.69, 9.17) is 58.0 Å². The van der Waals surface area contributed by atoms with Crippen molar-refractivity contribution in [3.8, 4) is 5.75 Å². The Balaban J connectivity index is 2.36. The van der Waals surface area contributed by atoms with Crippen LogP contribution in [0.2, 0.25) is 5.02 Å². The normalized spacial score (nSPS) is 31.6. The van der Waals surface area contributed by atoms with E-state index < -0.39 is 37.3 Å². The van der Waals surface area contributed by atoms with E-state index in [9.17, 15) is 14.7 Å². The summed E-state index contributed by atoms with van der Waals surface area (Å²) in [7, 11) is 0. The first kappa shape index (κ1) is 19.8. The van der Waals surface area contributed by atoms with Crippen LogP contribution in [0.25, 0.3) is 0 Å². The average molecular weight is 453 g/mol. The van der Waals surface area contributed by atoms with Crippen LogP contribution < -0.4 is 0 Å². The molecule has 2 aliphatic rings. The van der Waals surface area contributed by atoms with Crippen LogP contribution in [0.3, 0.4) is 0 Å². The molecular formula is C18H11Cl5O3. The summed E-state index contributed by atoms with van der Waals surface area (Å²) in [4.78, 5) is 22.1. The maximum Gasteiger partial charge on any atom is 0.199 e. The molecule has 26 heavy (non-hydrogen) atoms. The molecule has 0 radical (unpaired) electrons. The van der Waals surface area contributed by atoms with Crippen LogP contribution in [0.1, 0.15) is 17.9 Å². The maximum atomic E-state index is 13.1. The molecule has 0 saturated carbocycles. The van der Waals surface area contributed by atoms with Gasteiger partial charge in [-0.15, -0.1) is 23.2 Å². The van der Waals surface area contributed by atoms with Gasteiger partial charge in [0.1, 0.15) is 25.6 Å². The molecule has 3 unspecified atom stereocenters. The zero-order valence-electron chi connectivity index (χ0n) is 13.0. The fraction of sp³-hybridized carbons (Fsp3) is 0.222. The van der Waals surface area contributed by atoms with Gasteiger partial charge in [0.25, 0.3) is 0 Å². The van der Waals surface area contributed by atoms with Crippen molar-refractivity contribution in [2.75, 3.05) is 0 Å².